The van der Waals surface area contributed by atoms with E-state index in [0.29, 0.717) is 11.4 Å². The van der Waals surface area contributed by atoms with E-state index in [1.54, 1.807) is 12.1 Å². The average molecular weight is 447 g/mol. The van der Waals surface area contributed by atoms with Crippen molar-refractivity contribution < 1.29 is 17.9 Å². The Morgan fingerprint density at radius 3 is 2.25 bits per heavy atom. The monoisotopic (exact) mass is 446 g/mol. The van der Waals surface area contributed by atoms with Crippen molar-refractivity contribution in [3.8, 4) is 5.75 Å². The SMILES string of the molecule is O=C(COc1cccc2ccccc12)Nc1ccc(S(=O)(=O)NCc2ccccc2)cc1. The normalized spacial score (nSPS) is 11.2. The Labute approximate surface area is 186 Å². The molecule has 0 fully saturated rings. The van der Waals surface area contributed by atoms with Gasteiger partial charge in [-0.3, -0.25) is 4.79 Å². The standard InChI is InChI=1S/C25H22N2O4S/c28-25(18-31-24-12-6-10-20-9-4-5-11-23(20)24)27-21-13-15-22(16-14-21)32(29,30)26-17-19-7-2-1-3-8-19/h1-16,26H,17-18H2,(H,27,28). The minimum absolute atomic E-state index is 0.124. The van der Waals surface area contributed by atoms with Gasteiger partial charge in [-0.15, -0.1) is 0 Å². The molecular weight excluding hydrogens is 424 g/mol. The fourth-order valence-corrected chi connectivity index (χ4v) is 4.25. The summed E-state index contributed by atoms with van der Waals surface area (Å²) < 4.78 is 33.2. The van der Waals surface area contributed by atoms with Gasteiger partial charge < -0.3 is 10.1 Å². The highest BCUT2D eigenvalue weighted by Crippen LogP contribution is 2.25. The highest BCUT2D eigenvalue weighted by molar-refractivity contribution is 7.89. The first-order valence-electron chi connectivity index (χ1n) is 10.1. The van der Waals surface area contributed by atoms with Gasteiger partial charge in [0.1, 0.15) is 5.75 Å². The van der Waals surface area contributed by atoms with Gasteiger partial charge in [0, 0.05) is 17.6 Å². The number of carbonyl (C=O) groups excluding carboxylic acids is 1. The summed E-state index contributed by atoms with van der Waals surface area (Å²) in [5.74, 6) is 0.292. The van der Waals surface area contributed by atoms with Crippen molar-refractivity contribution in [2.24, 2.45) is 0 Å². The molecule has 0 heterocycles. The molecule has 1 amide bonds. The smallest absolute Gasteiger partial charge is 0.262 e. The summed E-state index contributed by atoms with van der Waals surface area (Å²) in [6.07, 6.45) is 0. The highest BCUT2D eigenvalue weighted by Gasteiger charge is 2.14. The van der Waals surface area contributed by atoms with E-state index < -0.39 is 10.0 Å². The maximum atomic E-state index is 12.5. The lowest BCUT2D eigenvalue weighted by atomic mass is 10.1. The zero-order valence-corrected chi connectivity index (χ0v) is 18.0. The summed E-state index contributed by atoms with van der Waals surface area (Å²) in [4.78, 5) is 12.4. The van der Waals surface area contributed by atoms with Crippen molar-refractivity contribution in [3.63, 3.8) is 0 Å². The number of hydrogen-bond acceptors (Lipinski definition) is 4. The molecule has 0 saturated carbocycles. The lowest BCUT2D eigenvalue weighted by molar-refractivity contribution is -0.118. The molecule has 0 aliphatic rings. The van der Waals surface area contributed by atoms with Crippen LogP contribution in [0.5, 0.6) is 5.75 Å². The molecule has 0 spiro atoms. The number of ether oxygens (including phenoxy) is 1. The van der Waals surface area contributed by atoms with E-state index in [1.165, 1.54) is 12.1 Å². The van der Waals surface area contributed by atoms with Crippen LogP contribution in [-0.4, -0.2) is 20.9 Å². The minimum Gasteiger partial charge on any atom is -0.483 e. The molecule has 6 nitrogen and oxygen atoms in total. The van der Waals surface area contributed by atoms with Crippen LogP contribution in [0.1, 0.15) is 5.56 Å². The Morgan fingerprint density at radius 1 is 0.781 bits per heavy atom. The molecule has 0 aliphatic carbocycles. The summed E-state index contributed by atoms with van der Waals surface area (Å²) in [7, 11) is -3.66. The Kier molecular flexibility index (Phi) is 6.49. The maximum absolute atomic E-state index is 12.5. The molecule has 0 saturated heterocycles. The van der Waals surface area contributed by atoms with Crippen LogP contribution in [0.15, 0.2) is 102 Å². The number of hydrogen-bond donors (Lipinski definition) is 2. The zero-order valence-electron chi connectivity index (χ0n) is 17.2. The predicted octanol–water partition coefficient (Wildman–Crippen LogP) is 4.34. The van der Waals surface area contributed by atoms with Gasteiger partial charge in [0.2, 0.25) is 10.0 Å². The lowest BCUT2D eigenvalue weighted by Gasteiger charge is -2.11. The molecule has 0 bridgehead atoms. The Morgan fingerprint density at radius 2 is 1.47 bits per heavy atom. The molecule has 32 heavy (non-hydrogen) atoms. The minimum atomic E-state index is -3.66. The topological polar surface area (TPSA) is 84.5 Å². The number of carbonyl (C=O) groups is 1. The van der Waals surface area contributed by atoms with E-state index in [1.807, 2.05) is 72.8 Å². The average Bonchev–Trinajstić information content (AvgIpc) is 2.82. The second-order valence-electron chi connectivity index (χ2n) is 7.15. The summed E-state index contributed by atoms with van der Waals surface area (Å²) in [5.41, 5.74) is 1.35. The lowest BCUT2D eigenvalue weighted by Crippen LogP contribution is -2.23. The van der Waals surface area contributed by atoms with Crippen molar-refractivity contribution in [2.45, 2.75) is 11.4 Å². The van der Waals surface area contributed by atoms with Crippen LogP contribution in [0.4, 0.5) is 5.69 Å². The molecule has 0 atom stereocenters. The molecular formula is C25H22N2O4S. The van der Waals surface area contributed by atoms with E-state index >= 15 is 0 Å². The molecule has 4 aromatic rings. The van der Waals surface area contributed by atoms with Gasteiger partial charge in [0.15, 0.2) is 6.61 Å². The van der Waals surface area contributed by atoms with Crippen molar-refractivity contribution in [1.82, 2.24) is 4.72 Å². The first-order chi connectivity index (χ1) is 15.5. The predicted molar refractivity (Wildman–Crippen MR) is 125 cm³/mol. The van der Waals surface area contributed by atoms with E-state index in [-0.39, 0.29) is 24.0 Å². The van der Waals surface area contributed by atoms with Gasteiger partial charge in [0.05, 0.1) is 4.90 Å². The van der Waals surface area contributed by atoms with E-state index in [0.717, 1.165) is 16.3 Å². The van der Waals surface area contributed by atoms with Crippen LogP contribution in [0.3, 0.4) is 0 Å². The molecule has 4 rings (SSSR count). The fourth-order valence-electron chi connectivity index (χ4n) is 3.24. The van der Waals surface area contributed by atoms with Gasteiger partial charge in [-0.25, -0.2) is 13.1 Å². The number of benzene rings is 4. The molecule has 0 radical (unpaired) electrons. The van der Waals surface area contributed by atoms with Crippen LogP contribution in [-0.2, 0) is 21.4 Å². The molecule has 162 valence electrons. The second-order valence-corrected chi connectivity index (χ2v) is 8.92. The van der Waals surface area contributed by atoms with Crippen LogP contribution < -0.4 is 14.8 Å². The summed E-state index contributed by atoms with van der Waals surface area (Å²) in [5, 5.41) is 4.68. The van der Waals surface area contributed by atoms with E-state index in [2.05, 4.69) is 10.0 Å². The van der Waals surface area contributed by atoms with Crippen molar-refractivity contribution >= 4 is 32.4 Å². The summed E-state index contributed by atoms with van der Waals surface area (Å²) in [6.45, 7) is 0.0415. The third-order valence-electron chi connectivity index (χ3n) is 4.87. The first-order valence-corrected chi connectivity index (χ1v) is 11.5. The number of rotatable bonds is 8. The molecule has 2 N–H and O–H groups in total. The maximum Gasteiger partial charge on any atom is 0.262 e. The Bertz CT molecular complexity index is 1320. The van der Waals surface area contributed by atoms with Crippen molar-refractivity contribution in [3.05, 3.63) is 103 Å². The van der Waals surface area contributed by atoms with Crippen LogP contribution >= 0.6 is 0 Å². The van der Waals surface area contributed by atoms with Gasteiger partial charge in [0.25, 0.3) is 5.91 Å². The third kappa shape index (κ3) is 5.32. The number of anilines is 1. The highest BCUT2D eigenvalue weighted by atomic mass is 32.2. The van der Waals surface area contributed by atoms with Gasteiger partial charge in [-0.2, -0.15) is 0 Å². The largest absolute Gasteiger partial charge is 0.483 e. The quantitative estimate of drug-likeness (QED) is 0.422. The number of amides is 1. The summed E-state index contributed by atoms with van der Waals surface area (Å²) >= 11 is 0. The van der Waals surface area contributed by atoms with Crippen LogP contribution in [0.25, 0.3) is 10.8 Å². The van der Waals surface area contributed by atoms with Crippen molar-refractivity contribution in [2.75, 3.05) is 11.9 Å². The van der Waals surface area contributed by atoms with Crippen LogP contribution in [0.2, 0.25) is 0 Å². The third-order valence-corrected chi connectivity index (χ3v) is 6.28. The first kappa shape index (κ1) is 21.5. The molecule has 7 heteroatoms. The Balaban J connectivity index is 1.34. The summed E-state index contributed by atoms with van der Waals surface area (Å²) in [6, 6.07) is 28.7. The van der Waals surface area contributed by atoms with E-state index in [4.69, 9.17) is 4.74 Å². The Hall–Kier alpha value is -3.68. The number of fused-ring (bicyclic) bond motifs is 1. The fraction of sp³-hybridized carbons (Fsp3) is 0.0800. The second kappa shape index (κ2) is 9.64. The molecule has 4 aromatic carbocycles. The molecule has 0 aliphatic heterocycles. The zero-order chi connectivity index (χ0) is 22.4. The van der Waals surface area contributed by atoms with Gasteiger partial charge in [-0.05, 0) is 41.3 Å². The van der Waals surface area contributed by atoms with Crippen molar-refractivity contribution in [1.29, 1.82) is 0 Å². The van der Waals surface area contributed by atoms with Crippen LogP contribution in [0, 0.1) is 0 Å². The van der Waals surface area contributed by atoms with Gasteiger partial charge >= 0.3 is 0 Å². The molecule has 0 unspecified atom stereocenters. The van der Waals surface area contributed by atoms with E-state index in [9.17, 15) is 13.2 Å². The number of sulfonamides is 1. The van der Waals surface area contributed by atoms with Gasteiger partial charge in [-0.1, -0.05) is 66.7 Å². The molecule has 0 aromatic heterocycles. The number of nitrogens with one attached hydrogen (secondary N) is 2.